The summed E-state index contributed by atoms with van der Waals surface area (Å²) in [6, 6.07) is 15.5. The Labute approximate surface area is 162 Å². The molecular weight excluding hydrogens is 361 g/mol. The van der Waals surface area contributed by atoms with Crippen molar-refractivity contribution < 1.29 is 18.7 Å². The number of benzene rings is 2. The molecule has 0 saturated heterocycles. The van der Waals surface area contributed by atoms with Gasteiger partial charge in [0.15, 0.2) is 0 Å². The summed E-state index contributed by atoms with van der Waals surface area (Å²) in [4.78, 5) is 14.6. The highest BCUT2D eigenvalue weighted by Crippen LogP contribution is 2.24. The molecule has 1 amide bonds. The van der Waals surface area contributed by atoms with Crippen LogP contribution in [0.5, 0.6) is 11.5 Å². The zero-order valence-corrected chi connectivity index (χ0v) is 15.5. The Bertz CT molecular complexity index is 988. The molecule has 4 rings (SSSR count). The van der Waals surface area contributed by atoms with Crippen molar-refractivity contribution in [2.75, 3.05) is 13.7 Å². The first-order valence-electron chi connectivity index (χ1n) is 9.00. The summed E-state index contributed by atoms with van der Waals surface area (Å²) >= 11 is 0. The number of hydrogen-bond acceptors (Lipinski definition) is 4. The van der Waals surface area contributed by atoms with Crippen molar-refractivity contribution >= 4 is 5.91 Å². The topological polar surface area (TPSA) is 56.6 Å². The smallest absolute Gasteiger partial charge is 0.272 e. The minimum Gasteiger partial charge on any atom is -0.496 e. The molecule has 3 aromatic rings. The molecule has 0 N–H and O–H groups in total. The minimum atomic E-state index is -0.356. The van der Waals surface area contributed by atoms with E-state index in [1.807, 2.05) is 30.3 Å². The summed E-state index contributed by atoms with van der Waals surface area (Å²) < 4.78 is 26.3. The molecule has 0 bridgehead atoms. The quantitative estimate of drug-likeness (QED) is 0.658. The van der Waals surface area contributed by atoms with Gasteiger partial charge in [-0.15, -0.1) is 0 Å². The fourth-order valence-electron chi connectivity index (χ4n) is 3.26. The second kappa shape index (κ2) is 7.72. The van der Waals surface area contributed by atoms with Crippen LogP contribution in [-0.4, -0.2) is 34.2 Å². The molecule has 2 aromatic carbocycles. The summed E-state index contributed by atoms with van der Waals surface area (Å²) in [7, 11) is 1.53. The number of amides is 1. The van der Waals surface area contributed by atoms with Crippen LogP contribution in [0.2, 0.25) is 0 Å². The van der Waals surface area contributed by atoms with Crippen molar-refractivity contribution in [3.05, 3.63) is 77.4 Å². The number of nitrogens with zero attached hydrogens (tertiary/aromatic N) is 3. The SMILES string of the molecule is COc1ccc(F)cc1CN1CCn2nc(COc3ccccc3)cc2C1=O. The number of carbonyl (C=O) groups is 1. The first kappa shape index (κ1) is 18.0. The third-order valence-electron chi connectivity index (χ3n) is 4.65. The van der Waals surface area contributed by atoms with Gasteiger partial charge in [-0.1, -0.05) is 18.2 Å². The van der Waals surface area contributed by atoms with Gasteiger partial charge in [-0.2, -0.15) is 5.10 Å². The summed E-state index contributed by atoms with van der Waals surface area (Å²) in [5, 5.41) is 4.47. The Morgan fingerprint density at radius 1 is 1.11 bits per heavy atom. The van der Waals surface area contributed by atoms with Crippen LogP contribution in [0, 0.1) is 5.82 Å². The van der Waals surface area contributed by atoms with Gasteiger partial charge in [0.05, 0.1) is 13.7 Å². The van der Waals surface area contributed by atoms with Crippen LogP contribution in [0.1, 0.15) is 21.7 Å². The molecule has 1 aliphatic rings. The molecule has 0 radical (unpaired) electrons. The lowest BCUT2D eigenvalue weighted by atomic mass is 10.1. The van der Waals surface area contributed by atoms with Crippen molar-refractivity contribution in [2.24, 2.45) is 0 Å². The number of methoxy groups -OCH3 is 1. The summed E-state index contributed by atoms with van der Waals surface area (Å²) in [6.45, 7) is 1.63. The van der Waals surface area contributed by atoms with Crippen molar-refractivity contribution in [3.8, 4) is 11.5 Å². The average Bonchev–Trinajstić information content (AvgIpc) is 3.14. The molecule has 0 aliphatic carbocycles. The van der Waals surface area contributed by atoms with Crippen molar-refractivity contribution in [3.63, 3.8) is 0 Å². The number of hydrogen-bond donors (Lipinski definition) is 0. The predicted molar refractivity (Wildman–Crippen MR) is 101 cm³/mol. The lowest BCUT2D eigenvalue weighted by Crippen LogP contribution is -2.39. The van der Waals surface area contributed by atoms with E-state index in [9.17, 15) is 9.18 Å². The van der Waals surface area contributed by atoms with Crippen LogP contribution < -0.4 is 9.47 Å². The first-order valence-corrected chi connectivity index (χ1v) is 9.00. The van der Waals surface area contributed by atoms with Crippen LogP contribution in [0.15, 0.2) is 54.6 Å². The monoisotopic (exact) mass is 381 g/mol. The number of ether oxygens (including phenoxy) is 2. The fraction of sp³-hybridized carbons (Fsp3) is 0.238. The molecule has 0 saturated carbocycles. The first-order chi connectivity index (χ1) is 13.6. The number of carbonyl (C=O) groups excluding carboxylic acids is 1. The molecule has 144 valence electrons. The van der Waals surface area contributed by atoms with E-state index in [2.05, 4.69) is 5.10 Å². The van der Waals surface area contributed by atoms with Gasteiger partial charge in [-0.25, -0.2) is 4.39 Å². The fourth-order valence-corrected chi connectivity index (χ4v) is 3.26. The largest absolute Gasteiger partial charge is 0.496 e. The standard InChI is InChI=1S/C21H20FN3O3/c1-27-20-8-7-16(22)11-15(20)13-24-9-10-25-19(21(24)26)12-17(23-25)14-28-18-5-3-2-4-6-18/h2-8,11-12H,9-10,13-14H2,1H3. The van der Waals surface area contributed by atoms with Gasteiger partial charge in [-0.05, 0) is 36.4 Å². The zero-order chi connectivity index (χ0) is 19.5. The number of halogens is 1. The van der Waals surface area contributed by atoms with Crippen molar-refractivity contribution in [2.45, 2.75) is 19.7 Å². The second-order valence-electron chi connectivity index (χ2n) is 6.53. The van der Waals surface area contributed by atoms with Gasteiger partial charge in [0.1, 0.15) is 35.3 Å². The lowest BCUT2D eigenvalue weighted by Gasteiger charge is -2.28. The minimum absolute atomic E-state index is 0.143. The molecule has 1 aliphatic heterocycles. The summed E-state index contributed by atoms with van der Waals surface area (Å²) in [5.74, 6) is 0.812. The molecule has 1 aromatic heterocycles. The van der Waals surface area contributed by atoms with Gasteiger partial charge in [0.25, 0.3) is 5.91 Å². The highest BCUT2D eigenvalue weighted by atomic mass is 19.1. The van der Waals surface area contributed by atoms with E-state index in [1.165, 1.54) is 19.2 Å². The normalized spacial score (nSPS) is 13.4. The van der Waals surface area contributed by atoms with Gasteiger partial charge in [-0.3, -0.25) is 9.48 Å². The molecule has 0 unspecified atom stereocenters. The van der Waals surface area contributed by atoms with E-state index in [0.29, 0.717) is 35.8 Å². The third kappa shape index (κ3) is 3.69. The van der Waals surface area contributed by atoms with Gasteiger partial charge < -0.3 is 14.4 Å². The van der Waals surface area contributed by atoms with Crippen LogP contribution in [0.3, 0.4) is 0 Å². The maximum Gasteiger partial charge on any atom is 0.272 e. The van der Waals surface area contributed by atoms with Crippen LogP contribution >= 0.6 is 0 Å². The highest BCUT2D eigenvalue weighted by Gasteiger charge is 2.27. The van der Waals surface area contributed by atoms with E-state index in [1.54, 1.807) is 21.7 Å². The summed E-state index contributed by atoms with van der Waals surface area (Å²) in [6.07, 6.45) is 0. The number of para-hydroxylation sites is 1. The molecule has 28 heavy (non-hydrogen) atoms. The number of fused-ring (bicyclic) bond motifs is 1. The Kier molecular flexibility index (Phi) is 4.97. The van der Waals surface area contributed by atoms with E-state index < -0.39 is 0 Å². The van der Waals surface area contributed by atoms with Crippen LogP contribution in [0.25, 0.3) is 0 Å². The molecule has 2 heterocycles. The zero-order valence-electron chi connectivity index (χ0n) is 15.5. The Hall–Kier alpha value is -3.35. The number of aromatic nitrogens is 2. The Morgan fingerprint density at radius 2 is 1.93 bits per heavy atom. The molecular formula is C21H20FN3O3. The molecule has 6 nitrogen and oxygen atoms in total. The lowest BCUT2D eigenvalue weighted by molar-refractivity contribution is 0.0682. The maximum absolute atomic E-state index is 13.6. The van der Waals surface area contributed by atoms with E-state index in [4.69, 9.17) is 9.47 Å². The molecule has 0 spiro atoms. The second-order valence-corrected chi connectivity index (χ2v) is 6.53. The molecule has 0 atom stereocenters. The van der Waals surface area contributed by atoms with Crippen LogP contribution in [-0.2, 0) is 19.7 Å². The summed E-state index contributed by atoms with van der Waals surface area (Å²) in [5.41, 5.74) is 1.84. The third-order valence-corrected chi connectivity index (χ3v) is 4.65. The Balaban J connectivity index is 1.48. The van der Waals surface area contributed by atoms with Gasteiger partial charge in [0.2, 0.25) is 0 Å². The molecule has 0 fully saturated rings. The average molecular weight is 381 g/mol. The maximum atomic E-state index is 13.6. The predicted octanol–water partition coefficient (Wildman–Crippen LogP) is 3.27. The van der Waals surface area contributed by atoms with E-state index in [0.717, 1.165) is 5.75 Å². The van der Waals surface area contributed by atoms with E-state index in [-0.39, 0.29) is 24.9 Å². The van der Waals surface area contributed by atoms with Crippen molar-refractivity contribution in [1.82, 2.24) is 14.7 Å². The van der Waals surface area contributed by atoms with Crippen molar-refractivity contribution in [1.29, 1.82) is 0 Å². The van der Waals surface area contributed by atoms with Gasteiger partial charge >= 0.3 is 0 Å². The highest BCUT2D eigenvalue weighted by molar-refractivity contribution is 5.93. The van der Waals surface area contributed by atoms with Crippen LogP contribution in [0.4, 0.5) is 4.39 Å². The Morgan fingerprint density at radius 3 is 2.71 bits per heavy atom. The molecule has 7 heteroatoms. The van der Waals surface area contributed by atoms with Gasteiger partial charge in [0, 0.05) is 18.7 Å². The van der Waals surface area contributed by atoms with E-state index >= 15 is 0 Å². The number of rotatable bonds is 6.